The van der Waals surface area contributed by atoms with E-state index in [1.807, 2.05) is 27.8 Å². The Hall–Kier alpha value is -3.29. The van der Waals surface area contributed by atoms with Crippen LogP contribution in [0.15, 0.2) is 42.6 Å². The second kappa shape index (κ2) is 9.46. The third-order valence-electron chi connectivity index (χ3n) is 6.18. The molecule has 0 radical (unpaired) electrons. The fraction of sp³-hybridized carbons (Fsp3) is 0.417. The zero-order valence-electron chi connectivity index (χ0n) is 18.8. The van der Waals surface area contributed by atoms with Crippen molar-refractivity contribution < 1.29 is 9.18 Å². The number of benzene rings is 1. The van der Waals surface area contributed by atoms with Crippen LogP contribution in [0.1, 0.15) is 37.4 Å². The lowest BCUT2D eigenvalue weighted by Gasteiger charge is -2.35. The Morgan fingerprint density at radius 3 is 2.59 bits per heavy atom. The molecule has 168 valence electrons. The zero-order chi connectivity index (χ0) is 22.7. The number of carbonyl (C=O) groups excluding carboxylic acids is 1. The van der Waals surface area contributed by atoms with Gasteiger partial charge < -0.3 is 9.80 Å². The van der Waals surface area contributed by atoms with Crippen LogP contribution in [0.2, 0.25) is 0 Å². The zero-order valence-corrected chi connectivity index (χ0v) is 18.8. The minimum Gasteiger partial charge on any atom is -0.352 e. The van der Waals surface area contributed by atoms with Crippen molar-refractivity contribution in [3.8, 4) is 11.3 Å². The number of nitrogens with zero attached hydrogens (tertiary/aromatic N) is 6. The van der Waals surface area contributed by atoms with Crippen LogP contribution in [0, 0.1) is 12.7 Å². The Balaban J connectivity index is 1.48. The van der Waals surface area contributed by atoms with Gasteiger partial charge in [-0.15, -0.1) is 5.10 Å². The molecule has 0 saturated carbocycles. The molecule has 1 atom stereocenters. The number of halogens is 1. The average Bonchev–Trinajstić information content (AvgIpc) is 3.24. The molecular weight excluding hydrogens is 407 g/mol. The van der Waals surface area contributed by atoms with E-state index in [1.54, 1.807) is 25.3 Å². The maximum Gasteiger partial charge on any atom is 0.244 e. The van der Waals surface area contributed by atoms with Gasteiger partial charge in [0.25, 0.3) is 0 Å². The van der Waals surface area contributed by atoms with E-state index in [4.69, 9.17) is 5.10 Å². The molecule has 0 bridgehead atoms. The van der Waals surface area contributed by atoms with Gasteiger partial charge in [-0.3, -0.25) is 9.48 Å². The molecule has 1 amide bonds. The highest BCUT2D eigenvalue weighted by Gasteiger charge is 2.24. The van der Waals surface area contributed by atoms with E-state index in [1.165, 1.54) is 6.07 Å². The second-order valence-corrected chi connectivity index (χ2v) is 8.34. The van der Waals surface area contributed by atoms with Crippen LogP contribution in [0.3, 0.4) is 0 Å². The lowest BCUT2D eigenvalue weighted by molar-refractivity contribution is -0.132. The number of aryl methyl sites for hydroxylation is 1. The Morgan fingerprint density at radius 2 is 1.94 bits per heavy atom. The maximum absolute atomic E-state index is 13.7. The summed E-state index contributed by atoms with van der Waals surface area (Å²) >= 11 is 0. The van der Waals surface area contributed by atoms with Gasteiger partial charge in [0.1, 0.15) is 12.4 Å². The molecule has 2 aromatic heterocycles. The normalized spacial score (nSPS) is 15.1. The lowest BCUT2D eigenvalue weighted by atomic mass is 10.0. The first-order valence-electron chi connectivity index (χ1n) is 11.1. The topological polar surface area (TPSA) is 67.2 Å². The standard InChI is InChI=1S/C24H29FN6O/c1-4-17(2)22-15-21(19-7-8-20(25)18(3)14-19)28-31(22)16-24(32)30-12-10-29(11-13-30)23-6-5-9-26-27-23/h5-9,14-15,17H,4,10-13,16H2,1-3H3. The summed E-state index contributed by atoms with van der Waals surface area (Å²) in [6, 6.07) is 10.8. The molecule has 7 nitrogen and oxygen atoms in total. The molecule has 0 aliphatic carbocycles. The third-order valence-corrected chi connectivity index (χ3v) is 6.18. The Morgan fingerprint density at radius 1 is 1.16 bits per heavy atom. The predicted molar refractivity (Wildman–Crippen MR) is 122 cm³/mol. The highest BCUT2D eigenvalue weighted by Crippen LogP contribution is 2.27. The molecule has 1 aliphatic heterocycles. The lowest BCUT2D eigenvalue weighted by Crippen LogP contribution is -2.50. The fourth-order valence-electron chi connectivity index (χ4n) is 3.98. The molecule has 1 fully saturated rings. The van der Waals surface area contributed by atoms with Crippen LogP contribution in [0.5, 0.6) is 0 Å². The largest absolute Gasteiger partial charge is 0.352 e. The van der Waals surface area contributed by atoms with Crippen molar-refractivity contribution in [2.24, 2.45) is 0 Å². The molecular formula is C24H29FN6O. The van der Waals surface area contributed by atoms with Crippen molar-refractivity contribution in [3.63, 3.8) is 0 Å². The summed E-state index contributed by atoms with van der Waals surface area (Å²) in [4.78, 5) is 17.1. The minimum absolute atomic E-state index is 0.0540. The number of rotatable bonds is 6. The first-order valence-corrected chi connectivity index (χ1v) is 11.1. The molecule has 1 unspecified atom stereocenters. The first-order chi connectivity index (χ1) is 15.5. The summed E-state index contributed by atoms with van der Waals surface area (Å²) in [6.45, 7) is 8.93. The van der Waals surface area contributed by atoms with E-state index in [9.17, 15) is 9.18 Å². The molecule has 32 heavy (non-hydrogen) atoms. The summed E-state index contributed by atoms with van der Waals surface area (Å²) in [5.41, 5.74) is 3.23. The number of aromatic nitrogens is 4. The summed E-state index contributed by atoms with van der Waals surface area (Å²) in [5.74, 6) is 0.925. The van der Waals surface area contributed by atoms with Crippen LogP contribution in [-0.4, -0.2) is 57.0 Å². The molecule has 0 N–H and O–H groups in total. The predicted octanol–water partition coefficient (Wildman–Crippen LogP) is 3.65. The molecule has 3 heterocycles. The highest BCUT2D eigenvalue weighted by atomic mass is 19.1. The summed E-state index contributed by atoms with van der Waals surface area (Å²) < 4.78 is 15.5. The Kier molecular flexibility index (Phi) is 6.48. The van der Waals surface area contributed by atoms with E-state index in [0.29, 0.717) is 18.7 Å². The number of amides is 1. The molecule has 1 saturated heterocycles. The minimum atomic E-state index is -0.230. The van der Waals surface area contributed by atoms with Crippen LogP contribution >= 0.6 is 0 Å². The first kappa shape index (κ1) is 21.9. The number of carbonyl (C=O) groups is 1. The molecule has 8 heteroatoms. The summed E-state index contributed by atoms with van der Waals surface area (Å²) in [7, 11) is 0. The molecule has 1 aliphatic rings. The molecule has 3 aromatic rings. The van der Waals surface area contributed by atoms with Gasteiger partial charge in [-0.05, 0) is 61.2 Å². The SMILES string of the molecule is CCC(C)c1cc(-c2ccc(F)c(C)c2)nn1CC(=O)N1CCN(c2cccnn2)CC1. The van der Waals surface area contributed by atoms with Crippen molar-refractivity contribution in [1.29, 1.82) is 0 Å². The number of anilines is 1. The quantitative estimate of drug-likeness (QED) is 0.590. The van der Waals surface area contributed by atoms with Crippen molar-refractivity contribution in [2.45, 2.75) is 39.7 Å². The van der Waals surface area contributed by atoms with E-state index in [0.717, 1.165) is 42.3 Å². The average molecular weight is 437 g/mol. The van der Waals surface area contributed by atoms with Crippen LogP contribution < -0.4 is 4.90 Å². The Labute approximate surface area is 187 Å². The fourth-order valence-corrected chi connectivity index (χ4v) is 3.98. The van der Waals surface area contributed by atoms with Crippen molar-refractivity contribution in [2.75, 3.05) is 31.1 Å². The van der Waals surface area contributed by atoms with E-state index in [-0.39, 0.29) is 24.2 Å². The third kappa shape index (κ3) is 4.64. The second-order valence-electron chi connectivity index (χ2n) is 8.34. The van der Waals surface area contributed by atoms with Gasteiger partial charge in [-0.25, -0.2) is 4.39 Å². The van der Waals surface area contributed by atoms with Gasteiger partial charge in [0.05, 0.1) is 5.69 Å². The van der Waals surface area contributed by atoms with Gasteiger partial charge in [-0.1, -0.05) is 13.8 Å². The van der Waals surface area contributed by atoms with Gasteiger partial charge in [-0.2, -0.15) is 10.2 Å². The highest BCUT2D eigenvalue weighted by molar-refractivity contribution is 5.76. The van der Waals surface area contributed by atoms with Crippen molar-refractivity contribution in [3.05, 3.63) is 59.7 Å². The Bertz CT molecular complexity index is 1080. The number of hydrogen-bond donors (Lipinski definition) is 0. The van der Waals surface area contributed by atoms with Gasteiger partial charge in [0, 0.05) is 43.6 Å². The van der Waals surface area contributed by atoms with E-state index in [2.05, 4.69) is 28.9 Å². The van der Waals surface area contributed by atoms with E-state index >= 15 is 0 Å². The molecule has 0 spiro atoms. The van der Waals surface area contributed by atoms with Gasteiger partial charge in [0.2, 0.25) is 5.91 Å². The summed E-state index contributed by atoms with van der Waals surface area (Å²) in [6.07, 6.45) is 2.60. The van der Waals surface area contributed by atoms with Crippen LogP contribution in [0.4, 0.5) is 10.2 Å². The van der Waals surface area contributed by atoms with E-state index < -0.39 is 0 Å². The summed E-state index contributed by atoms with van der Waals surface area (Å²) in [5, 5.41) is 12.8. The molecule has 4 rings (SSSR count). The number of piperazine rings is 1. The maximum atomic E-state index is 13.7. The van der Waals surface area contributed by atoms with Crippen molar-refractivity contribution in [1.82, 2.24) is 24.9 Å². The number of hydrogen-bond acceptors (Lipinski definition) is 5. The monoisotopic (exact) mass is 436 g/mol. The van der Waals surface area contributed by atoms with Crippen molar-refractivity contribution >= 4 is 11.7 Å². The van der Waals surface area contributed by atoms with Crippen LogP contribution in [-0.2, 0) is 11.3 Å². The smallest absolute Gasteiger partial charge is 0.244 e. The van der Waals surface area contributed by atoms with Crippen LogP contribution in [0.25, 0.3) is 11.3 Å². The molecule has 1 aromatic carbocycles. The van der Waals surface area contributed by atoms with Gasteiger partial charge >= 0.3 is 0 Å². The van der Waals surface area contributed by atoms with Gasteiger partial charge in [0.15, 0.2) is 5.82 Å².